The van der Waals surface area contributed by atoms with Crippen molar-refractivity contribution in [3.63, 3.8) is 0 Å². The van der Waals surface area contributed by atoms with Crippen molar-refractivity contribution in [2.45, 2.75) is 32.2 Å². The number of rotatable bonds is 9. The number of carbonyl (C=O) groups is 2. The Morgan fingerprint density at radius 3 is 2.44 bits per heavy atom. The maximum Gasteiger partial charge on any atom is 0.305 e. The lowest BCUT2D eigenvalue weighted by atomic mass is 9.86. The average Bonchev–Trinajstić information content (AvgIpc) is 3.25. The Morgan fingerprint density at radius 2 is 1.76 bits per heavy atom. The lowest BCUT2D eigenvalue weighted by Crippen LogP contribution is -2.27. The molecule has 1 unspecified atom stereocenters. The molecule has 1 fully saturated rings. The largest absolute Gasteiger partial charge is 0.481 e. The standard InChI is InChI=1S/C27H30N2O5/c1-18-23(17-24(34-18)19-5-3-2-4-6-19)26(20-12-15-33-16-13-20)29-22-9-7-21(8-10-22)27(32)28-14-11-25(30)31/h2-10,17,20,26,29H,11-16H2,1H3,(H,28,32)(H,30,31). The lowest BCUT2D eigenvalue weighted by molar-refractivity contribution is -0.136. The van der Waals surface area contributed by atoms with Crippen molar-refractivity contribution >= 4 is 17.6 Å². The van der Waals surface area contributed by atoms with Crippen LogP contribution in [0.5, 0.6) is 0 Å². The predicted molar refractivity (Wildman–Crippen MR) is 130 cm³/mol. The predicted octanol–water partition coefficient (Wildman–Crippen LogP) is 5.04. The molecule has 3 aromatic rings. The van der Waals surface area contributed by atoms with Gasteiger partial charge in [-0.2, -0.15) is 0 Å². The number of anilines is 1. The number of aliphatic carboxylic acids is 1. The van der Waals surface area contributed by atoms with Gasteiger partial charge in [0.1, 0.15) is 11.5 Å². The van der Waals surface area contributed by atoms with Gasteiger partial charge in [0.15, 0.2) is 0 Å². The molecular weight excluding hydrogens is 432 g/mol. The zero-order chi connectivity index (χ0) is 23.9. The van der Waals surface area contributed by atoms with E-state index >= 15 is 0 Å². The first-order chi connectivity index (χ1) is 16.5. The smallest absolute Gasteiger partial charge is 0.305 e. The highest BCUT2D eigenvalue weighted by Gasteiger charge is 2.29. The van der Waals surface area contributed by atoms with E-state index in [1.54, 1.807) is 12.1 Å². The van der Waals surface area contributed by atoms with Crippen LogP contribution in [0.4, 0.5) is 5.69 Å². The summed E-state index contributed by atoms with van der Waals surface area (Å²) >= 11 is 0. The van der Waals surface area contributed by atoms with E-state index in [1.807, 2.05) is 49.4 Å². The van der Waals surface area contributed by atoms with Gasteiger partial charge in [0.25, 0.3) is 5.91 Å². The highest BCUT2D eigenvalue weighted by atomic mass is 16.5. The molecular formula is C27H30N2O5. The third-order valence-electron chi connectivity index (χ3n) is 6.18. The fourth-order valence-corrected chi connectivity index (χ4v) is 4.33. The molecule has 0 spiro atoms. The van der Waals surface area contributed by atoms with Crippen molar-refractivity contribution in [1.82, 2.24) is 5.32 Å². The number of benzene rings is 2. The van der Waals surface area contributed by atoms with Gasteiger partial charge in [-0.1, -0.05) is 30.3 Å². The first kappa shape index (κ1) is 23.6. The zero-order valence-electron chi connectivity index (χ0n) is 19.3. The molecule has 2 aromatic carbocycles. The molecule has 0 aliphatic carbocycles. The van der Waals surface area contributed by atoms with Gasteiger partial charge in [-0.05, 0) is 56.0 Å². The van der Waals surface area contributed by atoms with Crippen LogP contribution in [0, 0.1) is 12.8 Å². The third kappa shape index (κ3) is 5.85. The summed E-state index contributed by atoms with van der Waals surface area (Å²) in [5.41, 5.74) is 3.56. The van der Waals surface area contributed by atoms with Gasteiger partial charge < -0.3 is 24.9 Å². The van der Waals surface area contributed by atoms with Crippen LogP contribution in [-0.4, -0.2) is 36.7 Å². The Balaban J connectivity index is 1.53. The van der Waals surface area contributed by atoms with E-state index in [0.29, 0.717) is 11.5 Å². The molecule has 0 bridgehead atoms. The second-order valence-electron chi connectivity index (χ2n) is 8.54. The van der Waals surface area contributed by atoms with E-state index in [2.05, 4.69) is 16.7 Å². The third-order valence-corrected chi connectivity index (χ3v) is 6.18. The number of nitrogens with one attached hydrogen (secondary N) is 2. The monoisotopic (exact) mass is 462 g/mol. The molecule has 3 N–H and O–H groups in total. The first-order valence-electron chi connectivity index (χ1n) is 11.6. The second-order valence-corrected chi connectivity index (χ2v) is 8.54. The summed E-state index contributed by atoms with van der Waals surface area (Å²) in [6.45, 7) is 3.57. The molecule has 1 aliphatic rings. The summed E-state index contributed by atoms with van der Waals surface area (Å²) in [7, 11) is 0. The van der Waals surface area contributed by atoms with E-state index in [-0.39, 0.29) is 24.9 Å². The van der Waals surface area contributed by atoms with Gasteiger partial charge in [0, 0.05) is 42.1 Å². The Kier molecular flexibility index (Phi) is 7.65. The molecule has 0 radical (unpaired) electrons. The molecule has 0 saturated carbocycles. The summed E-state index contributed by atoms with van der Waals surface area (Å²) in [6.07, 6.45) is 1.80. The maximum atomic E-state index is 12.3. The number of carboxylic acids is 1. The van der Waals surface area contributed by atoms with Crippen LogP contribution in [0.25, 0.3) is 11.3 Å². The van der Waals surface area contributed by atoms with Gasteiger partial charge in [-0.25, -0.2) is 0 Å². The van der Waals surface area contributed by atoms with Gasteiger partial charge >= 0.3 is 5.97 Å². The van der Waals surface area contributed by atoms with Crippen LogP contribution in [0.15, 0.2) is 65.1 Å². The number of amides is 1. The summed E-state index contributed by atoms with van der Waals surface area (Å²) < 4.78 is 11.7. The highest BCUT2D eigenvalue weighted by Crippen LogP contribution is 2.38. The second kappa shape index (κ2) is 11.0. The van der Waals surface area contributed by atoms with Crippen LogP contribution in [0.1, 0.15) is 47.0 Å². The van der Waals surface area contributed by atoms with Gasteiger partial charge in [0.05, 0.1) is 12.5 Å². The van der Waals surface area contributed by atoms with Crippen LogP contribution in [0.3, 0.4) is 0 Å². The van der Waals surface area contributed by atoms with Crippen LogP contribution in [0.2, 0.25) is 0 Å². The number of aryl methyl sites for hydroxylation is 1. The molecule has 7 nitrogen and oxygen atoms in total. The minimum Gasteiger partial charge on any atom is -0.481 e. The number of ether oxygens (including phenoxy) is 1. The number of hydrogen-bond acceptors (Lipinski definition) is 5. The fraction of sp³-hybridized carbons (Fsp3) is 0.333. The molecule has 34 heavy (non-hydrogen) atoms. The molecule has 4 rings (SSSR count). The van der Waals surface area contributed by atoms with Crippen molar-refractivity contribution in [2.24, 2.45) is 5.92 Å². The van der Waals surface area contributed by atoms with Crippen molar-refractivity contribution in [3.8, 4) is 11.3 Å². The fourth-order valence-electron chi connectivity index (χ4n) is 4.33. The quantitative estimate of drug-likeness (QED) is 0.412. The summed E-state index contributed by atoms with van der Waals surface area (Å²) in [4.78, 5) is 22.9. The average molecular weight is 463 g/mol. The Morgan fingerprint density at radius 1 is 1.06 bits per heavy atom. The van der Waals surface area contributed by atoms with E-state index in [4.69, 9.17) is 14.3 Å². The summed E-state index contributed by atoms with van der Waals surface area (Å²) in [5.74, 6) is 0.890. The van der Waals surface area contributed by atoms with E-state index < -0.39 is 5.97 Å². The molecule has 1 saturated heterocycles. The Labute approximate surface area is 199 Å². The van der Waals surface area contributed by atoms with E-state index in [1.165, 1.54) is 0 Å². The van der Waals surface area contributed by atoms with Crippen LogP contribution < -0.4 is 10.6 Å². The molecule has 7 heteroatoms. The van der Waals surface area contributed by atoms with Gasteiger partial charge in [0.2, 0.25) is 0 Å². The number of furan rings is 1. The van der Waals surface area contributed by atoms with Crippen LogP contribution >= 0.6 is 0 Å². The highest BCUT2D eigenvalue weighted by molar-refractivity contribution is 5.94. The minimum absolute atomic E-state index is 0.0420. The molecule has 1 amide bonds. The molecule has 178 valence electrons. The van der Waals surface area contributed by atoms with Crippen LogP contribution in [-0.2, 0) is 9.53 Å². The normalized spacial score (nSPS) is 15.0. The molecule has 1 aliphatic heterocycles. The zero-order valence-corrected chi connectivity index (χ0v) is 19.3. The summed E-state index contributed by atoms with van der Waals surface area (Å²) in [5, 5.41) is 15.0. The Bertz CT molecular complexity index is 1100. The number of carbonyl (C=O) groups excluding carboxylic acids is 1. The van der Waals surface area contributed by atoms with Crippen molar-refractivity contribution in [3.05, 3.63) is 77.6 Å². The summed E-state index contributed by atoms with van der Waals surface area (Å²) in [6, 6.07) is 19.5. The maximum absolute atomic E-state index is 12.3. The van der Waals surface area contributed by atoms with Crippen molar-refractivity contribution < 1.29 is 23.8 Å². The van der Waals surface area contributed by atoms with Gasteiger partial charge in [-0.15, -0.1) is 0 Å². The first-order valence-corrected chi connectivity index (χ1v) is 11.6. The topological polar surface area (TPSA) is 101 Å². The Hall–Kier alpha value is -3.58. The van der Waals surface area contributed by atoms with E-state index in [0.717, 1.165) is 54.4 Å². The SMILES string of the molecule is Cc1oc(-c2ccccc2)cc1C(Nc1ccc(C(=O)NCCC(=O)O)cc1)C1CCOCC1. The number of carboxylic acid groups (broad SMARTS) is 1. The molecule has 1 aromatic heterocycles. The van der Waals surface area contributed by atoms with Gasteiger partial charge in [-0.3, -0.25) is 9.59 Å². The minimum atomic E-state index is -0.941. The molecule has 1 atom stereocenters. The van der Waals surface area contributed by atoms with E-state index in [9.17, 15) is 9.59 Å². The molecule has 2 heterocycles. The van der Waals surface area contributed by atoms with Crippen molar-refractivity contribution in [1.29, 1.82) is 0 Å². The lowest BCUT2D eigenvalue weighted by Gasteiger charge is -2.31. The van der Waals surface area contributed by atoms with Crippen molar-refractivity contribution in [2.75, 3.05) is 25.1 Å². The number of hydrogen-bond donors (Lipinski definition) is 3.